The number of aromatic nitrogens is 1. The van der Waals surface area contributed by atoms with Crippen LogP contribution in [0, 0.1) is 16.0 Å². The number of pyridine rings is 1. The maximum absolute atomic E-state index is 11.3. The zero-order valence-corrected chi connectivity index (χ0v) is 11.7. The van der Waals surface area contributed by atoms with Crippen LogP contribution in [-0.4, -0.2) is 33.6 Å². The van der Waals surface area contributed by atoms with Gasteiger partial charge in [0.05, 0.1) is 9.40 Å². The smallest absolute Gasteiger partial charge is 0.326 e. The highest BCUT2D eigenvalue weighted by atomic mass is 79.9. The Morgan fingerprint density at radius 1 is 1.68 bits per heavy atom. The lowest BCUT2D eigenvalue weighted by atomic mass is 10.0. The molecule has 8 heteroatoms. The third kappa shape index (κ3) is 2.53. The Kier molecular flexibility index (Phi) is 3.70. The highest BCUT2D eigenvalue weighted by Crippen LogP contribution is 2.34. The van der Waals surface area contributed by atoms with E-state index >= 15 is 0 Å². The van der Waals surface area contributed by atoms with E-state index < -0.39 is 16.9 Å². The summed E-state index contributed by atoms with van der Waals surface area (Å²) in [5.74, 6) is -0.458. The predicted octanol–water partition coefficient (Wildman–Crippen LogP) is 2.05. The van der Waals surface area contributed by atoms with Gasteiger partial charge >= 0.3 is 5.97 Å². The van der Waals surface area contributed by atoms with Gasteiger partial charge in [0, 0.05) is 12.6 Å². The predicted molar refractivity (Wildman–Crippen MR) is 71.1 cm³/mol. The minimum atomic E-state index is -0.906. The van der Waals surface area contributed by atoms with Gasteiger partial charge in [-0.3, -0.25) is 10.1 Å². The summed E-state index contributed by atoms with van der Waals surface area (Å²) in [5.41, 5.74) is -0.130. The topological polar surface area (TPSA) is 96.6 Å². The molecule has 19 heavy (non-hydrogen) atoms. The van der Waals surface area contributed by atoms with E-state index in [1.807, 2.05) is 6.92 Å². The number of carboxylic acid groups (broad SMARTS) is 1. The minimum Gasteiger partial charge on any atom is -0.480 e. The van der Waals surface area contributed by atoms with Crippen LogP contribution in [0.3, 0.4) is 0 Å². The van der Waals surface area contributed by atoms with E-state index in [4.69, 9.17) is 0 Å². The first kappa shape index (κ1) is 13.7. The van der Waals surface area contributed by atoms with Gasteiger partial charge in [-0.05, 0) is 28.3 Å². The Labute approximate surface area is 117 Å². The van der Waals surface area contributed by atoms with E-state index in [1.54, 1.807) is 4.90 Å². The van der Waals surface area contributed by atoms with Crippen LogP contribution in [0.15, 0.2) is 16.7 Å². The van der Waals surface area contributed by atoms with Crippen LogP contribution < -0.4 is 4.90 Å². The quantitative estimate of drug-likeness (QED) is 0.673. The van der Waals surface area contributed by atoms with E-state index in [1.165, 1.54) is 6.07 Å². The molecule has 1 fully saturated rings. The number of nitro groups is 1. The number of carboxylic acids is 1. The van der Waals surface area contributed by atoms with Gasteiger partial charge in [-0.1, -0.05) is 6.92 Å². The van der Waals surface area contributed by atoms with Crippen LogP contribution in [0.4, 0.5) is 11.5 Å². The molecule has 1 aliphatic rings. The summed E-state index contributed by atoms with van der Waals surface area (Å²) in [7, 11) is 0. The highest BCUT2D eigenvalue weighted by Gasteiger charge is 2.38. The van der Waals surface area contributed by atoms with Crippen molar-refractivity contribution in [1.29, 1.82) is 0 Å². The average Bonchev–Trinajstić information content (AvgIpc) is 2.70. The molecule has 0 spiro atoms. The summed E-state index contributed by atoms with van der Waals surface area (Å²) in [6, 6.07) is 0.690. The second-order valence-electron chi connectivity index (χ2n) is 4.50. The van der Waals surface area contributed by atoms with Crippen molar-refractivity contribution in [1.82, 2.24) is 4.98 Å². The second-order valence-corrected chi connectivity index (χ2v) is 5.35. The number of hydrogen-bond donors (Lipinski definition) is 1. The van der Waals surface area contributed by atoms with E-state index in [0.29, 0.717) is 16.8 Å². The molecule has 0 saturated carbocycles. The number of nitrogens with zero attached hydrogens (tertiary/aromatic N) is 3. The normalized spacial score (nSPS) is 22.5. The third-order valence-electron chi connectivity index (χ3n) is 3.24. The first-order valence-electron chi connectivity index (χ1n) is 5.71. The summed E-state index contributed by atoms with van der Waals surface area (Å²) in [4.78, 5) is 27.1. The molecular formula is C11H12BrN3O4. The standard InChI is InChI=1S/C11H12BrN3O4/c1-6-2-3-14(9(6)11(16)17)10-8(12)4-7(5-13-10)15(18)19/h4-6,9H,2-3H2,1H3,(H,16,17). The van der Waals surface area contributed by atoms with Gasteiger partial charge in [0.2, 0.25) is 0 Å². The fourth-order valence-electron chi connectivity index (χ4n) is 2.29. The van der Waals surface area contributed by atoms with Crippen molar-refractivity contribution in [2.45, 2.75) is 19.4 Å². The van der Waals surface area contributed by atoms with E-state index in [2.05, 4.69) is 20.9 Å². The third-order valence-corrected chi connectivity index (χ3v) is 3.83. The van der Waals surface area contributed by atoms with E-state index in [0.717, 1.165) is 12.6 Å². The van der Waals surface area contributed by atoms with Gasteiger partial charge in [0.1, 0.15) is 18.1 Å². The van der Waals surface area contributed by atoms with Gasteiger partial charge in [-0.15, -0.1) is 0 Å². The molecule has 7 nitrogen and oxygen atoms in total. The molecule has 1 N–H and O–H groups in total. The molecule has 102 valence electrons. The van der Waals surface area contributed by atoms with E-state index in [9.17, 15) is 20.0 Å². The maximum Gasteiger partial charge on any atom is 0.326 e. The summed E-state index contributed by atoms with van der Waals surface area (Å²) in [6.45, 7) is 2.44. The Bertz CT molecular complexity index is 537. The van der Waals surface area contributed by atoms with Crippen molar-refractivity contribution in [2.75, 3.05) is 11.4 Å². The molecule has 0 bridgehead atoms. The fourth-order valence-corrected chi connectivity index (χ4v) is 2.86. The van der Waals surface area contributed by atoms with Gasteiger partial charge < -0.3 is 10.0 Å². The number of halogens is 1. The molecule has 2 heterocycles. The van der Waals surface area contributed by atoms with Crippen molar-refractivity contribution >= 4 is 33.4 Å². The first-order valence-corrected chi connectivity index (χ1v) is 6.50. The molecule has 1 aliphatic heterocycles. The van der Waals surface area contributed by atoms with Crippen LogP contribution >= 0.6 is 15.9 Å². The minimum absolute atomic E-state index is 0.0152. The molecule has 0 aromatic carbocycles. The lowest BCUT2D eigenvalue weighted by Crippen LogP contribution is -2.39. The molecule has 0 aliphatic carbocycles. The van der Waals surface area contributed by atoms with Crippen molar-refractivity contribution < 1.29 is 14.8 Å². The zero-order valence-electron chi connectivity index (χ0n) is 10.1. The molecule has 0 radical (unpaired) electrons. The number of hydrogen-bond acceptors (Lipinski definition) is 5. The van der Waals surface area contributed by atoms with Gasteiger partial charge in [-0.25, -0.2) is 9.78 Å². The largest absolute Gasteiger partial charge is 0.480 e. The Morgan fingerprint density at radius 2 is 2.37 bits per heavy atom. The Hall–Kier alpha value is -1.70. The molecule has 1 aromatic rings. The maximum atomic E-state index is 11.3. The number of anilines is 1. The van der Waals surface area contributed by atoms with Crippen LogP contribution in [0.5, 0.6) is 0 Å². The molecule has 2 rings (SSSR count). The van der Waals surface area contributed by atoms with Crippen molar-refractivity contribution in [2.24, 2.45) is 5.92 Å². The number of rotatable bonds is 3. The van der Waals surface area contributed by atoms with Crippen molar-refractivity contribution in [3.05, 3.63) is 26.9 Å². The zero-order chi connectivity index (χ0) is 14.2. The van der Waals surface area contributed by atoms with Gasteiger partial charge in [-0.2, -0.15) is 0 Å². The molecule has 2 atom stereocenters. The Balaban J connectivity index is 2.36. The molecular weight excluding hydrogens is 318 g/mol. The average molecular weight is 330 g/mol. The molecule has 2 unspecified atom stereocenters. The van der Waals surface area contributed by atoms with Crippen LogP contribution in [0.2, 0.25) is 0 Å². The summed E-state index contributed by atoms with van der Waals surface area (Å²) < 4.78 is 0.432. The summed E-state index contributed by atoms with van der Waals surface area (Å²) in [6.07, 6.45) is 1.89. The lowest BCUT2D eigenvalue weighted by molar-refractivity contribution is -0.385. The lowest BCUT2D eigenvalue weighted by Gasteiger charge is -2.25. The highest BCUT2D eigenvalue weighted by molar-refractivity contribution is 9.10. The fraction of sp³-hybridized carbons (Fsp3) is 0.455. The molecule has 0 amide bonds. The van der Waals surface area contributed by atoms with Crippen molar-refractivity contribution in [3.8, 4) is 0 Å². The Morgan fingerprint density at radius 3 is 2.89 bits per heavy atom. The summed E-state index contributed by atoms with van der Waals surface area (Å²) in [5, 5.41) is 19.9. The first-order chi connectivity index (χ1) is 8.91. The monoisotopic (exact) mass is 329 g/mol. The van der Waals surface area contributed by atoms with Gasteiger partial charge in [0.15, 0.2) is 0 Å². The van der Waals surface area contributed by atoms with E-state index in [-0.39, 0.29) is 11.6 Å². The van der Waals surface area contributed by atoms with Crippen LogP contribution in [0.1, 0.15) is 13.3 Å². The SMILES string of the molecule is CC1CCN(c2ncc([N+](=O)[O-])cc2Br)C1C(=O)O. The number of aliphatic carboxylic acids is 1. The van der Waals surface area contributed by atoms with Crippen LogP contribution in [0.25, 0.3) is 0 Å². The summed E-state index contributed by atoms with van der Waals surface area (Å²) >= 11 is 3.22. The van der Waals surface area contributed by atoms with Crippen LogP contribution in [-0.2, 0) is 4.79 Å². The number of carbonyl (C=O) groups is 1. The van der Waals surface area contributed by atoms with Crippen molar-refractivity contribution in [3.63, 3.8) is 0 Å². The molecule has 1 saturated heterocycles. The van der Waals surface area contributed by atoms with Gasteiger partial charge in [0.25, 0.3) is 5.69 Å². The second kappa shape index (κ2) is 5.12. The molecule has 1 aromatic heterocycles.